The highest BCUT2D eigenvalue weighted by molar-refractivity contribution is 6.33. The molecule has 0 atom stereocenters. The molecule has 0 bridgehead atoms. The van der Waals surface area contributed by atoms with Crippen molar-refractivity contribution in [1.29, 1.82) is 0 Å². The minimum Gasteiger partial charge on any atom is -0.359 e. The molecule has 2 N–H and O–H groups in total. The van der Waals surface area contributed by atoms with Crippen molar-refractivity contribution in [1.82, 2.24) is 9.88 Å². The third kappa shape index (κ3) is 4.84. The van der Waals surface area contributed by atoms with Gasteiger partial charge in [-0.15, -0.1) is 0 Å². The number of carbonyl (C=O) groups excluding carboxylic acids is 2. The van der Waals surface area contributed by atoms with E-state index in [0.717, 1.165) is 16.8 Å². The fourth-order valence-electron chi connectivity index (χ4n) is 3.73. The van der Waals surface area contributed by atoms with Gasteiger partial charge < -0.3 is 20.1 Å². The first-order valence-electron chi connectivity index (χ1n) is 10.3. The second kappa shape index (κ2) is 9.28. The predicted molar refractivity (Wildman–Crippen MR) is 126 cm³/mol. The lowest BCUT2D eigenvalue weighted by atomic mass is 10.1. The quantitative estimate of drug-likeness (QED) is 0.625. The first-order valence-corrected chi connectivity index (χ1v) is 10.7. The van der Waals surface area contributed by atoms with Crippen LogP contribution in [0.3, 0.4) is 0 Å². The zero-order chi connectivity index (χ0) is 22.7. The number of hydrogen-bond donors (Lipinski definition) is 2. The highest BCUT2D eigenvalue weighted by Gasteiger charge is 2.19. The van der Waals surface area contributed by atoms with Gasteiger partial charge in [0, 0.05) is 25.0 Å². The zero-order valence-electron chi connectivity index (χ0n) is 17.6. The fraction of sp³-hybridized carbons (Fsp3) is 0.208. The number of hydrogen-bond acceptors (Lipinski definition) is 4. The summed E-state index contributed by atoms with van der Waals surface area (Å²) in [5.74, 6) is -0.564. The SMILES string of the molecule is Cc1cccc(Cn2cccc(C(=O)Nc3ccc(N4CCNC(=O)C4)c(Cl)c3)c2=O)c1. The van der Waals surface area contributed by atoms with E-state index in [-0.39, 0.29) is 23.6 Å². The third-order valence-electron chi connectivity index (χ3n) is 5.28. The number of nitrogens with one attached hydrogen (secondary N) is 2. The maximum atomic E-state index is 12.9. The molecule has 32 heavy (non-hydrogen) atoms. The lowest BCUT2D eigenvalue weighted by molar-refractivity contribution is -0.120. The van der Waals surface area contributed by atoms with Gasteiger partial charge in [-0.1, -0.05) is 41.4 Å². The lowest BCUT2D eigenvalue weighted by Gasteiger charge is -2.29. The Morgan fingerprint density at radius 1 is 1.12 bits per heavy atom. The van der Waals surface area contributed by atoms with Crippen molar-refractivity contribution in [2.45, 2.75) is 13.5 Å². The highest BCUT2D eigenvalue weighted by Crippen LogP contribution is 2.29. The number of nitrogens with zero attached hydrogens (tertiary/aromatic N) is 2. The van der Waals surface area contributed by atoms with Crippen LogP contribution in [-0.2, 0) is 11.3 Å². The summed E-state index contributed by atoms with van der Waals surface area (Å²) in [6.07, 6.45) is 1.67. The monoisotopic (exact) mass is 450 g/mol. The molecule has 8 heteroatoms. The summed E-state index contributed by atoms with van der Waals surface area (Å²) >= 11 is 6.41. The summed E-state index contributed by atoms with van der Waals surface area (Å²) in [4.78, 5) is 39.2. The first-order chi connectivity index (χ1) is 15.4. The van der Waals surface area contributed by atoms with E-state index < -0.39 is 5.91 Å². The van der Waals surface area contributed by atoms with Crippen LogP contribution in [0.25, 0.3) is 0 Å². The maximum absolute atomic E-state index is 12.9. The van der Waals surface area contributed by atoms with Gasteiger partial charge in [0.2, 0.25) is 5.91 Å². The standard InChI is InChI=1S/C24H23ClN4O3/c1-16-4-2-5-17(12-16)14-29-10-3-6-19(24(29)32)23(31)27-18-7-8-21(20(25)13-18)28-11-9-26-22(30)15-28/h2-8,10,12-13H,9,11,14-15H2,1H3,(H,26,30)(H,27,31). The maximum Gasteiger partial charge on any atom is 0.263 e. The number of halogens is 1. The average Bonchev–Trinajstić information content (AvgIpc) is 2.75. The van der Waals surface area contributed by atoms with E-state index >= 15 is 0 Å². The normalized spacial score (nSPS) is 13.6. The zero-order valence-corrected chi connectivity index (χ0v) is 18.4. The summed E-state index contributed by atoms with van der Waals surface area (Å²) in [5, 5.41) is 5.94. The molecule has 2 aromatic carbocycles. The summed E-state index contributed by atoms with van der Waals surface area (Å²) in [7, 11) is 0. The highest BCUT2D eigenvalue weighted by atomic mass is 35.5. The van der Waals surface area contributed by atoms with Gasteiger partial charge in [-0.2, -0.15) is 0 Å². The topological polar surface area (TPSA) is 83.4 Å². The van der Waals surface area contributed by atoms with Crippen LogP contribution in [0.4, 0.5) is 11.4 Å². The summed E-state index contributed by atoms with van der Waals surface area (Å²) in [6, 6.07) is 16.2. The Labute approximate surface area is 190 Å². The molecule has 1 aliphatic rings. The minimum absolute atomic E-state index is 0.0491. The summed E-state index contributed by atoms with van der Waals surface area (Å²) < 4.78 is 1.52. The van der Waals surface area contributed by atoms with Gasteiger partial charge in [0.25, 0.3) is 11.5 Å². The van der Waals surface area contributed by atoms with E-state index in [1.807, 2.05) is 36.1 Å². The number of amides is 2. The molecular formula is C24H23ClN4O3. The number of aromatic nitrogens is 1. The number of benzene rings is 2. The van der Waals surface area contributed by atoms with Crippen LogP contribution in [0.1, 0.15) is 21.5 Å². The molecule has 1 aliphatic heterocycles. The summed E-state index contributed by atoms with van der Waals surface area (Å²) in [5.41, 5.74) is 2.97. The predicted octanol–water partition coefficient (Wildman–Crippen LogP) is 3.05. The molecule has 4 rings (SSSR count). The van der Waals surface area contributed by atoms with Crippen LogP contribution >= 0.6 is 11.6 Å². The van der Waals surface area contributed by atoms with E-state index in [4.69, 9.17) is 11.6 Å². The Balaban J connectivity index is 1.51. The molecular weight excluding hydrogens is 428 g/mol. The molecule has 0 unspecified atom stereocenters. The second-order valence-corrected chi connectivity index (χ2v) is 8.14. The molecule has 3 aromatic rings. The van der Waals surface area contributed by atoms with Gasteiger partial charge in [0.1, 0.15) is 5.56 Å². The van der Waals surface area contributed by atoms with Crippen molar-refractivity contribution in [3.8, 4) is 0 Å². The Kier molecular flexibility index (Phi) is 6.28. The van der Waals surface area contributed by atoms with Gasteiger partial charge >= 0.3 is 0 Å². The van der Waals surface area contributed by atoms with Crippen molar-refractivity contribution >= 4 is 34.8 Å². The Hall–Kier alpha value is -3.58. The van der Waals surface area contributed by atoms with E-state index in [2.05, 4.69) is 10.6 Å². The number of pyridine rings is 1. The van der Waals surface area contributed by atoms with Crippen molar-refractivity contribution in [3.05, 3.63) is 92.9 Å². The van der Waals surface area contributed by atoms with E-state index in [1.165, 1.54) is 10.6 Å². The van der Waals surface area contributed by atoms with Crippen molar-refractivity contribution in [2.75, 3.05) is 29.9 Å². The molecule has 164 valence electrons. The Bertz CT molecular complexity index is 1240. The van der Waals surface area contributed by atoms with Crippen molar-refractivity contribution in [3.63, 3.8) is 0 Å². The third-order valence-corrected chi connectivity index (χ3v) is 5.59. The summed E-state index contributed by atoms with van der Waals surface area (Å²) in [6.45, 7) is 3.81. The molecule has 0 aliphatic carbocycles. The lowest BCUT2D eigenvalue weighted by Crippen LogP contribution is -2.47. The first kappa shape index (κ1) is 21.6. The van der Waals surface area contributed by atoms with Crippen molar-refractivity contribution in [2.24, 2.45) is 0 Å². The number of piperazine rings is 1. The smallest absolute Gasteiger partial charge is 0.263 e. The average molecular weight is 451 g/mol. The molecule has 0 radical (unpaired) electrons. The Morgan fingerprint density at radius 3 is 2.72 bits per heavy atom. The van der Waals surface area contributed by atoms with Crippen LogP contribution in [0, 0.1) is 6.92 Å². The number of rotatable bonds is 5. The van der Waals surface area contributed by atoms with Gasteiger partial charge in [0.05, 0.1) is 23.8 Å². The van der Waals surface area contributed by atoms with Gasteiger partial charge in [-0.25, -0.2) is 0 Å². The van der Waals surface area contributed by atoms with E-state index in [1.54, 1.807) is 30.5 Å². The van der Waals surface area contributed by atoms with Crippen LogP contribution in [-0.4, -0.2) is 36.0 Å². The molecule has 1 aromatic heterocycles. The molecule has 0 spiro atoms. The number of aryl methyl sites for hydroxylation is 1. The molecule has 1 saturated heterocycles. The molecule has 0 saturated carbocycles. The minimum atomic E-state index is -0.505. The van der Waals surface area contributed by atoms with Crippen LogP contribution < -0.4 is 21.1 Å². The molecule has 2 amide bonds. The molecule has 7 nitrogen and oxygen atoms in total. The number of carbonyl (C=O) groups is 2. The van der Waals surface area contributed by atoms with Crippen molar-refractivity contribution < 1.29 is 9.59 Å². The van der Waals surface area contributed by atoms with Gasteiger partial charge in [-0.05, 0) is 42.8 Å². The Morgan fingerprint density at radius 2 is 1.97 bits per heavy atom. The second-order valence-electron chi connectivity index (χ2n) is 7.74. The van der Waals surface area contributed by atoms with E-state index in [9.17, 15) is 14.4 Å². The fourth-order valence-corrected chi connectivity index (χ4v) is 4.03. The number of anilines is 2. The van der Waals surface area contributed by atoms with E-state index in [0.29, 0.717) is 30.3 Å². The largest absolute Gasteiger partial charge is 0.359 e. The van der Waals surface area contributed by atoms with Crippen LogP contribution in [0.5, 0.6) is 0 Å². The van der Waals surface area contributed by atoms with Gasteiger partial charge in [-0.3, -0.25) is 14.4 Å². The van der Waals surface area contributed by atoms with Crippen LogP contribution in [0.2, 0.25) is 5.02 Å². The van der Waals surface area contributed by atoms with Crippen LogP contribution in [0.15, 0.2) is 65.6 Å². The van der Waals surface area contributed by atoms with Gasteiger partial charge in [0.15, 0.2) is 0 Å². The molecule has 2 heterocycles. The molecule has 1 fully saturated rings.